The Bertz CT molecular complexity index is 1070. The first-order chi connectivity index (χ1) is 12.3. The van der Waals surface area contributed by atoms with Crippen molar-refractivity contribution in [2.45, 2.75) is 13.0 Å². The fraction of sp³-hybridized carbons (Fsp3) is 0.0909. The molecule has 0 amide bonds. The van der Waals surface area contributed by atoms with Gasteiger partial charge < -0.3 is 4.57 Å². The first-order valence-corrected chi connectivity index (χ1v) is 8.42. The summed E-state index contributed by atoms with van der Waals surface area (Å²) in [6.45, 7) is 2.12. The fourth-order valence-electron chi connectivity index (χ4n) is 3.22. The van der Waals surface area contributed by atoms with Crippen LogP contribution in [0.4, 0.5) is 0 Å². The Kier molecular flexibility index (Phi) is 5.19. The van der Waals surface area contributed by atoms with Gasteiger partial charge in [0.15, 0.2) is 0 Å². The van der Waals surface area contributed by atoms with Gasteiger partial charge in [-0.1, -0.05) is 72.8 Å². The van der Waals surface area contributed by atoms with Gasteiger partial charge >= 0.3 is 0 Å². The van der Waals surface area contributed by atoms with Crippen LogP contribution in [-0.2, 0) is 0 Å². The number of hydrogen-bond donors (Lipinski definition) is 1. The van der Waals surface area contributed by atoms with E-state index in [4.69, 9.17) is 10.4 Å². The average molecular weight is 362 g/mol. The number of para-hydroxylation sites is 1. The third kappa shape index (κ3) is 3.14. The van der Waals surface area contributed by atoms with Crippen LogP contribution < -0.4 is 5.49 Å². The van der Waals surface area contributed by atoms with E-state index < -0.39 is 0 Å². The highest BCUT2D eigenvalue weighted by molar-refractivity contribution is 5.85. The minimum Gasteiger partial charge on any atom is -0.303 e. The van der Waals surface area contributed by atoms with Gasteiger partial charge in [-0.25, -0.2) is 4.98 Å². The molecule has 3 nitrogen and oxygen atoms in total. The molecule has 1 atom stereocenters. The van der Waals surface area contributed by atoms with E-state index >= 15 is 0 Å². The third-order valence-electron chi connectivity index (χ3n) is 4.56. The van der Waals surface area contributed by atoms with Crippen molar-refractivity contribution in [3.63, 3.8) is 0 Å². The second-order valence-corrected chi connectivity index (χ2v) is 6.12. The number of halogens is 1. The molecule has 0 bridgehead atoms. The van der Waals surface area contributed by atoms with Crippen molar-refractivity contribution < 1.29 is 0 Å². The number of hydrogen-bond acceptors (Lipinski definition) is 2. The van der Waals surface area contributed by atoms with Crippen LogP contribution in [0.3, 0.4) is 0 Å². The van der Waals surface area contributed by atoms with E-state index in [2.05, 4.69) is 19.1 Å². The lowest BCUT2D eigenvalue weighted by molar-refractivity contribution is 0.603. The van der Waals surface area contributed by atoms with Crippen LogP contribution >= 0.6 is 12.4 Å². The smallest absolute Gasteiger partial charge is 0.142 e. The molecular weight excluding hydrogens is 342 g/mol. The zero-order valence-electron chi connectivity index (χ0n) is 14.5. The van der Waals surface area contributed by atoms with E-state index in [0.717, 1.165) is 27.9 Å². The third-order valence-corrected chi connectivity index (χ3v) is 4.56. The zero-order valence-corrected chi connectivity index (χ0v) is 15.3. The molecule has 130 valence electrons. The van der Waals surface area contributed by atoms with Gasteiger partial charge in [0.2, 0.25) is 0 Å². The molecule has 0 fully saturated rings. The summed E-state index contributed by atoms with van der Waals surface area (Å²) in [5, 5.41) is 9.70. The second-order valence-electron chi connectivity index (χ2n) is 6.12. The number of nitrogens with zero attached hydrogens (tertiary/aromatic N) is 2. The molecule has 1 heterocycles. The van der Waals surface area contributed by atoms with Gasteiger partial charge in [0.1, 0.15) is 11.3 Å². The summed E-state index contributed by atoms with van der Waals surface area (Å²) < 4.78 is 2.02. The van der Waals surface area contributed by atoms with Crippen LogP contribution in [0.5, 0.6) is 0 Å². The van der Waals surface area contributed by atoms with Crippen molar-refractivity contribution in [1.82, 2.24) is 9.55 Å². The second kappa shape index (κ2) is 7.54. The quantitative estimate of drug-likeness (QED) is 0.534. The molecule has 0 aliphatic rings. The summed E-state index contributed by atoms with van der Waals surface area (Å²) in [4.78, 5) is 4.90. The monoisotopic (exact) mass is 361 g/mol. The van der Waals surface area contributed by atoms with E-state index in [1.807, 2.05) is 77.4 Å². The van der Waals surface area contributed by atoms with E-state index in [1.54, 1.807) is 0 Å². The lowest BCUT2D eigenvalue weighted by Crippen LogP contribution is -2.27. The van der Waals surface area contributed by atoms with Crippen LogP contribution in [0, 0.1) is 5.41 Å². The number of nitrogens with one attached hydrogen (secondary N) is 1. The normalized spacial score (nSPS) is 11.7. The van der Waals surface area contributed by atoms with Gasteiger partial charge in [0.05, 0.1) is 11.6 Å². The molecule has 4 heteroatoms. The highest BCUT2D eigenvalue weighted by Gasteiger charge is 2.16. The van der Waals surface area contributed by atoms with Crippen molar-refractivity contribution in [2.75, 3.05) is 0 Å². The fourth-order valence-corrected chi connectivity index (χ4v) is 3.22. The van der Waals surface area contributed by atoms with Gasteiger partial charge in [0.25, 0.3) is 0 Å². The van der Waals surface area contributed by atoms with Gasteiger partial charge in [-0.15, -0.1) is 12.4 Å². The molecule has 4 aromatic rings. The molecule has 0 aliphatic carbocycles. The Balaban J connectivity index is 0.00000196. The molecule has 1 N–H and O–H groups in total. The van der Waals surface area contributed by atoms with Crippen molar-refractivity contribution in [3.8, 4) is 11.4 Å². The lowest BCUT2D eigenvalue weighted by atomic mass is 10.1. The summed E-state index contributed by atoms with van der Waals surface area (Å²) in [5.41, 5.74) is 3.52. The number of fused-ring (bicyclic) bond motifs is 1. The molecule has 1 aromatic heterocycles. The number of aromatic nitrogens is 2. The van der Waals surface area contributed by atoms with Crippen molar-refractivity contribution >= 4 is 23.3 Å². The van der Waals surface area contributed by atoms with Crippen molar-refractivity contribution in [2.24, 2.45) is 0 Å². The Morgan fingerprint density at radius 1 is 0.808 bits per heavy atom. The predicted molar refractivity (Wildman–Crippen MR) is 109 cm³/mol. The highest BCUT2D eigenvalue weighted by Crippen LogP contribution is 2.25. The zero-order chi connectivity index (χ0) is 17.2. The molecule has 0 aliphatic heterocycles. The first kappa shape index (κ1) is 17.9. The first-order valence-electron chi connectivity index (χ1n) is 8.42. The van der Waals surface area contributed by atoms with Crippen LogP contribution in [0.1, 0.15) is 18.5 Å². The summed E-state index contributed by atoms with van der Waals surface area (Å²) >= 11 is 0. The van der Waals surface area contributed by atoms with E-state index in [0.29, 0.717) is 5.49 Å². The van der Waals surface area contributed by atoms with Gasteiger partial charge in [0, 0.05) is 10.9 Å². The number of rotatable bonds is 3. The molecule has 0 spiro atoms. The number of benzene rings is 3. The molecule has 4 rings (SSSR count). The van der Waals surface area contributed by atoms with Gasteiger partial charge in [-0.2, -0.15) is 0 Å². The molecule has 26 heavy (non-hydrogen) atoms. The van der Waals surface area contributed by atoms with Crippen LogP contribution in [-0.4, -0.2) is 9.55 Å². The molecule has 0 saturated carbocycles. The lowest BCUT2D eigenvalue weighted by Gasteiger charge is -2.22. The maximum atomic E-state index is 8.83. The van der Waals surface area contributed by atoms with Crippen molar-refractivity contribution in [3.05, 3.63) is 96.0 Å². The van der Waals surface area contributed by atoms with Crippen LogP contribution in [0.15, 0.2) is 84.9 Å². The minimum atomic E-state index is 0. The van der Waals surface area contributed by atoms with E-state index in [1.165, 1.54) is 0 Å². The summed E-state index contributed by atoms with van der Waals surface area (Å²) in [7, 11) is 0. The Hall–Kier alpha value is -2.91. The Morgan fingerprint density at radius 3 is 2.08 bits per heavy atom. The van der Waals surface area contributed by atoms with Crippen LogP contribution in [0.25, 0.3) is 22.3 Å². The summed E-state index contributed by atoms with van der Waals surface area (Å²) in [6.07, 6.45) is 0. The standard InChI is InChI=1S/C22H19N3.ClH/c1-16(17-10-4-2-5-11-17)25-21(23)19-14-8-9-15-20(19)24-22(25)18-12-6-3-7-13-18;/h2-16,23H,1H3;1H/t16-;/m1./s1. The van der Waals surface area contributed by atoms with Crippen LogP contribution in [0.2, 0.25) is 0 Å². The van der Waals surface area contributed by atoms with Crippen molar-refractivity contribution in [1.29, 1.82) is 5.41 Å². The Labute approximate surface area is 158 Å². The molecule has 0 radical (unpaired) electrons. The van der Waals surface area contributed by atoms with Gasteiger partial charge in [-0.3, -0.25) is 5.41 Å². The van der Waals surface area contributed by atoms with E-state index in [9.17, 15) is 0 Å². The molecule has 0 unspecified atom stereocenters. The molecule has 3 aromatic carbocycles. The average Bonchev–Trinajstić information content (AvgIpc) is 2.69. The molecule has 0 saturated heterocycles. The Morgan fingerprint density at radius 2 is 1.38 bits per heavy atom. The molecular formula is C22H20ClN3. The predicted octanol–water partition coefficient (Wildman–Crippen LogP) is 5.21. The van der Waals surface area contributed by atoms with Gasteiger partial charge in [-0.05, 0) is 24.6 Å². The summed E-state index contributed by atoms with van der Waals surface area (Å²) in [6, 6.07) is 28.3. The minimum absolute atomic E-state index is 0. The highest BCUT2D eigenvalue weighted by atomic mass is 35.5. The SMILES string of the molecule is C[C@H](c1ccccc1)n1c(-c2ccccc2)nc2ccccc2c1=N.Cl. The topological polar surface area (TPSA) is 41.7 Å². The maximum Gasteiger partial charge on any atom is 0.142 e. The van der Waals surface area contributed by atoms with E-state index in [-0.39, 0.29) is 18.4 Å². The maximum absolute atomic E-state index is 8.83. The largest absolute Gasteiger partial charge is 0.303 e. The summed E-state index contributed by atoms with van der Waals surface area (Å²) in [5.74, 6) is 0.820.